The number of hydrogen-bond acceptors (Lipinski definition) is 6. The van der Waals surface area contributed by atoms with E-state index in [0.29, 0.717) is 30.6 Å². The molecule has 1 fully saturated rings. The molecular formula is C11H13N3O3. The quantitative estimate of drug-likeness (QED) is 0.851. The van der Waals surface area contributed by atoms with Crippen LogP contribution in [0.4, 0.5) is 0 Å². The molecule has 2 aromatic heterocycles. The first-order chi connectivity index (χ1) is 8.31. The summed E-state index contributed by atoms with van der Waals surface area (Å²) < 4.78 is 10.3. The molecule has 6 nitrogen and oxygen atoms in total. The van der Waals surface area contributed by atoms with E-state index in [-0.39, 0.29) is 6.10 Å². The van der Waals surface area contributed by atoms with Crippen LogP contribution >= 0.6 is 0 Å². The normalized spacial score (nSPS) is 21.1. The minimum Gasteiger partial charge on any atom is -0.459 e. The average Bonchev–Trinajstić information content (AvgIpc) is 3.00. The molecule has 90 valence electrons. The van der Waals surface area contributed by atoms with Crippen molar-refractivity contribution in [3.05, 3.63) is 24.2 Å². The van der Waals surface area contributed by atoms with Gasteiger partial charge >= 0.3 is 0 Å². The summed E-state index contributed by atoms with van der Waals surface area (Å²) in [6, 6.07) is 3.55. The van der Waals surface area contributed by atoms with Crippen molar-refractivity contribution in [1.82, 2.24) is 15.0 Å². The van der Waals surface area contributed by atoms with Crippen molar-refractivity contribution in [1.29, 1.82) is 0 Å². The molecule has 17 heavy (non-hydrogen) atoms. The lowest BCUT2D eigenvalue weighted by Gasteiger charge is -2.10. The monoisotopic (exact) mass is 235 g/mol. The van der Waals surface area contributed by atoms with Crippen LogP contribution in [0.15, 0.2) is 27.3 Å². The fourth-order valence-corrected chi connectivity index (χ4v) is 1.97. The lowest BCUT2D eigenvalue weighted by atomic mass is 10.3. The number of likely N-dealkylation sites (tertiary alicyclic amines) is 1. The van der Waals surface area contributed by atoms with Crippen molar-refractivity contribution in [2.24, 2.45) is 0 Å². The summed E-state index contributed by atoms with van der Waals surface area (Å²) in [6.07, 6.45) is 2.14. The molecule has 0 unspecified atom stereocenters. The van der Waals surface area contributed by atoms with Crippen molar-refractivity contribution in [2.45, 2.75) is 19.1 Å². The van der Waals surface area contributed by atoms with Gasteiger partial charge in [-0.05, 0) is 18.6 Å². The lowest BCUT2D eigenvalue weighted by molar-refractivity contribution is 0.173. The molecule has 0 saturated carbocycles. The molecule has 1 aliphatic rings. The molecule has 1 saturated heterocycles. The number of rotatable bonds is 3. The Morgan fingerprint density at radius 3 is 3.18 bits per heavy atom. The Balaban J connectivity index is 1.69. The highest BCUT2D eigenvalue weighted by Gasteiger charge is 2.22. The first-order valence-electron chi connectivity index (χ1n) is 5.58. The van der Waals surface area contributed by atoms with Crippen molar-refractivity contribution in [3.8, 4) is 11.7 Å². The Morgan fingerprint density at radius 1 is 1.53 bits per heavy atom. The zero-order valence-corrected chi connectivity index (χ0v) is 9.24. The fraction of sp³-hybridized carbons (Fsp3) is 0.455. The standard InChI is InChI=1S/C11H13N3O3/c15-8-3-4-14(6-8)7-10-12-11(17-13-10)9-2-1-5-16-9/h1-2,5,8,15H,3-4,6-7H2/t8-/m0/s1. The number of furan rings is 1. The minimum absolute atomic E-state index is 0.230. The first-order valence-corrected chi connectivity index (χ1v) is 5.58. The van der Waals surface area contributed by atoms with Gasteiger partial charge in [0.1, 0.15) is 0 Å². The summed E-state index contributed by atoms with van der Waals surface area (Å²) in [4.78, 5) is 6.35. The van der Waals surface area contributed by atoms with Gasteiger partial charge in [-0.25, -0.2) is 0 Å². The molecule has 0 aromatic carbocycles. The van der Waals surface area contributed by atoms with Gasteiger partial charge in [0, 0.05) is 13.1 Å². The van der Waals surface area contributed by atoms with Crippen LogP contribution in [0, 0.1) is 0 Å². The van der Waals surface area contributed by atoms with Gasteiger partial charge in [-0.2, -0.15) is 4.98 Å². The molecule has 1 atom stereocenters. The maximum absolute atomic E-state index is 9.41. The molecule has 0 aliphatic carbocycles. The van der Waals surface area contributed by atoms with E-state index >= 15 is 0 Å². The summed E-state index contributed by atoms with van der Waals surface area (Å²) in [5.74, 6) is 1.58. The zero-order valence-electron chi connectivity index (χ0n) is 9.24. The second-order valence-electron chi connectivity index (χ2n) is 4.17. The van der Waals surface area contributed by atoms with Crippen LogP contribution < -0.4 is 0 Å². The van der Waals surface area contributed by atoms with Gasteiger partial charge in [-0.1, -0.05) is 5.16 Å². The van der Waals surface area contributed by atoms with E-state index in [1.807, 2.05) is 0 Å². The third-order valence-electron chi connectivity index (χ3n) is 2.81. The van der Waals surface area contributed by atoms with E-state index in [9.17, 15) is 5.11 Å². The third kappa shape index (κ3) is 2.22. The van der Waals surface area contributed by atoms with Crippen LogP contribution in [-0.4, -0.2) is 39.3 Å². The molecule has 3 heterocycles. The molecular weight excluding hydrogens is 222 g/mol. The summed E-state index contributed by atoms with van der Waals surface area (Å²) >= 11 is 0. The van der Waals surface area contributed by atoms with Crippen LogP contribution in [0.2, 0.25) is 0 Å². The van der Waals surface area contributed by atoms with E-state index in [4.69, 9.17) is 8.94 Å². The van der Waals surface area contributed by atoms with Crippen LogP contribution in [0.3, 0.4) is 0 Å². The Bertz CT molecular complexity index is 480. The lowest BCUT2D eigenvalue weighted by Crippen LogP contribution is -2.22. The number of aliphatic hydroxyl groups is 1. The topological polar surface area (TPSA) is 75.5 Å². The molecule has 0 radical (unpaired) electrons. The van der Waals surface area contributed by atoms with E-state index in [1.165, 1.54) is 0 Å². The van der Waals surface area contributed by atoms with E-state index < -0.39 is 0 Å². The van der Waals surface area contributed by atoms with E-state index in [0.717, 1.165) is 13.0 Å². The van der Waals surface area contributed by atoms with Gasteiger partial charge in [0.05, 0.1) is 18.9 Å². The van der Waals surface area contributed by atoms with Gasteiger partial charge < -0.3 is 14.0 Å². The van der Waals surface area contributed by atoms with E-state index in [2.05, 4.69) is 15.0 Å². The Labute approximate surface area is 97.8 Å². The van der Waals surface area contributed by atoms with Crippen LogP contribution in [0.1, 0.15) is 12.2 Å². The predicted molar refractivity (Wildman–Crippen MR) is 57.9 cm³/mol. The van der Waals surface area contributed by atoms with Gasteiger partial charge in [0.2, 0.25) is 0 Å². The maximum Gasteiger partial charge on any atom is 0.293 e. The highest BCUT2D eigenvalue weighted by molar-refractivity contribution is 5.42. The number of nitrogens with zero attached hydrogens (tertiary/aromatic N) is 3. The molecule has 1 aliphatic heterocycles. The van der Waals surface area contributed by atoms with Crippen molar-refractivity contribution >= 4 is 0 Å². The summed E-state index contributed by atoms with van der Waals surface area (Å²) in [7, 11) is 0. The minimum atomic E-state index is -0.230. The van der Waals surface area contributed by atoms with Gasteiger partial charge in [0.25, 0.3) is 5.89 Å². The first kappa shape index (κ1) is 10.5. The maximum atomic E-state index is 9.41. The van der Waals surface area contributed by atoms with Gasteiger partial charge in [0.15, 0.2) is 11.6 Å². The molecule has 6 heteroatoms. The third-order valence-corrected chi connectivity index (χ3v) is 2.81. The largest absolute Gasteiger partial charge is 0.459 e. The van der Waals surface area contributed by atoms with Crippen LogP contribution in [0.5, 0.6) is 0 Å². The highest BCUT2D eigenvalue weighted by atomic mass is 16.5. The fourth-order valence-electron chi connectivity index (χ4n) is 1.97. The number of hydrogen-bond donors (Lipinski definition) is 1. The Hall–Kier alpha value is -1.66. The Morgan fingerprint density at radius 2 is 2.47 bits per heavy atom. The molecule has 0 amide bonds. The Kier molecular flexibility index (Phi) is 2.66. The van der Waals surface area contributed by atoms with Crippen molar-refractivity contribution in [3.63, 3.8) is 0 Å². The smallest absolute Gasteiger partial charge is 0.293 e. The number of β-amino-alcohol motifs (C(OH)–C–C–N with tert-alkyl or cyclic N) is 1. The summed E-state index contributed by atoms with van der Waals surface area (Å²) in [6.45, 7) is 2.14. The van der Waals surface area contributed by atoms with Gasteiger partial charge in [-0.15, -0.1) is 0 Å². The molecule has 3 rings (SSSR count). The van der Waals surface area contributed by atoms with Crippen LogP contribution in [-0.2, 0) is 6.54 Å². The van der Waals surface area contributed by atoms with E-state index in [1.54, 1.807) is 18.4 Å². The predicted octanol–water partition coefficient (Wildman–Crippen LogP) is 0.896. The second kappa shape index (κ2) is 4.31. The van der Waals surface area contributed by atoms with Gasteiger partial charge in [-0.3, -0.25) is 4.90 Å². The summed E-state index contributed by atoms with van der Waals surface area (Å²) in [5, 5.41) is 13.3. The average molecular weight is 235 g/mol. The highest BCUT2D eigenvalue weighted by Crippen LogP contribution is 2.18. The second-order valence-corrected chi connectivity index (χ2v) is 4.17. The summed E-state index contributed by atoms with van der Waals surface area (Å²) in [5.41, 5.74) is 0. The molecule has 2 aromatic rings. The molecule has 1 N–H and O–H groups in total. The molecule has 0 spiro atoms. The van der Waals surface area contributed by atoms with Crippen LogP contribution in [0.25, 0.3) is 11.7 Å². The van der Waals surface area contributed by atoms with Crippen molar-refractivity contribution in [2.75, 3.05) is 13.1 Å². The zero-order chi connectivity index (χ0) is 11.7. The SMILES string of the molecule is O[C@H]1CCN(Cc2noc(-c3ccco3)n2)C1. The van der Waals surface area contributed by atoms with Crippen molar-refractivity contribution < 1.29 is 14.0 Å². The molecule has 0 bridgehead atoms. The number of aliphatic hydroxyl groups excluding tert-OH is 1. The number of aromatic nitrogens is 2.